The van der Waals surface area contributed by atoms with Gasteiger partial charge in [0.05, 0.1) is 19.9 Å². The number of hydrogen-bond acceptors (Lipinski definition) is 4. The van der Waals surface area contributed by atoms with Gasteiger partial charge < -0.3 is 20.5 Å². The number of benzene rings is 1. The van der Waals surface area contributed by atoms with Crippen molar-refractivity contribution in [1.82, 2.24) is 0 Å². The number of aryl methyl sites for hydroxylation is 1. The Balaban J connectivity index is 2.74. The van der Waals surface area contributed by atoms with Gasteiger partial charge in [0.15, 0.2) is 0 Å². The second-order valence-corrected chi connectivity index (χ2v) is 4.58. The largest absolute Gasteiger partial charge is 0.496 e. The van der Waals surface area contributed by atoms with Crippen molar-refractivity contribution in [2.75, 3.05) is 32.6 Å². The first-order valence-corrected chi connectivity index (χ1v) is 6.29. The summed E-state index contributed by atoms with van der Waals surface area (Å²) in [5.41, 5.74) is 7.63. The zero-order valence-electron chi connectivity index (χ0n) is 11.7. The second kappa shape index (κ2) is 7.11. The molecule has 4 nitrogen and oxygen atoms in total. The number of hydrogen-bond donors (Lipinski definition) is 2. The lowest BCUT2D eigenvalue weighted by atomic mass is 10.1. The minimum Gasteiger partial charge on any atom is -0.496 e. The predicted octanol–water partition coefficient (Wildman–Crippen LogP) is 2.41. The Bertz CT molecular complexity index is 380. The maximum Gasteiger partial charge on any atom is 0.142 e. The lowest BCUT2D eigenvalue weighted by Crippen LogP contribution is -2.15. The van der Waals surface area contributed by atoms with E-state index < -0.39 is 0 Å². The molecule has 0 heterocycles. The molecule has 1 aromatic rings. The average molecular weight is 252 g/mol. The molecule has 0 aliphatic carbocycles. The summed E-state index contributed by atoms with van der Waals surface area (Å²) in [6, 6.07) is 3.95. The Hall–Kier alpha value is -1.42. The van der Waals surface area contributed by atoms with Crippen LogP contribution in [0, 0.1) is 12.8 Å². The van der Waals surface area contributed by atoms with Crippen molar-refractivity contribution >= 4 is 5.69 Å². The molecule has 0 radical (unpaired) electrons. The molecule has 4 heteroatoms. The fraction of sp³-hybridized carbons (Fsp3) is 0.571. The smallest absolute Gasteiger partial charge is 0.142 e. The maximum atomic E-state index is 5.60. The monoisotopic (exact) mass is 252 g/mol. The van der Waals surface area contributed by atoms with E-state index in [4.69, 9.17) is 15.2 Å². The standard InChI is InChI=1S/C14H24N2O2/c1-10(9-15)5-6-16-12-8-13(17-3)11(2)7-14(12)18-4/h7-8,10,16H,5-6,9,15H2,1-4H3. The van der Waals surface area contributed by atoms with E-state index in [1.807, 2.05) is 19.1 Å². The Morgan fingerprint density at radius 3 is 2.44 bits per heavy atom. The fourth-order valence-corrected chi connectivity index (χ4v) is 1.76. The summed E-state index contributed by atoms with van der Waals surface area (Å²) >= 11 is 0. The third-order valence-corrected chi connectivity index (χ3v) is 3.07. The summed E-state index contributed by atoms with van der Waals surface area (Å²) in [5.74, 6) is 2.23. The van der Waals surface area contributed by atoms with E-state index >= 15 is 0 Å². The highest BCUT2D eigenvalue weighted by molar-refractivity contribution is 5.62. The van der Waals surface area contributed by atoms with Crippen LogP contribution in [0.4, 0.5) is 5.69 Å². The van der Waals surface area contributed by atoms with Crippen LogP contribution in [-0.4, -0.2) is 27.3 Å². The average Bonchev–Trinajstić information content (AvgIpc) is 2.39. The van der Waals surface area contributed by atoms with Gasteiger partial charge in [0, 0.05) is 12.6 Å². The van der Waals surface area contributed by atoms with Gasteiger partial charge in [0.25, 0.3) is 0 Å². The molecule has 102 valence electrons. The molecule has 0 bridgehead atoms. The van der Waals surface area contributed by atoms with Gasteiger partial charge in [-0.05, 0) is 37.4 Å². The summed E-state index contributed by atoms with van der Waals surface area (Å²) in [5, 5.41) is 3.37. The number of anilines is 1. The Labute approximate surface area is 109 Å². The van der Waals surface area contributed by atoms with Crippen molar-refractivity contribution in [3.63, 3.8) is 0 Å². The van der Waals surface area contributed by atoms with Gasteiger partial charge in [-0.1, -0.05) is 6.92 Å². The molecule has 0 aromatic heterocycles. The first kappa shape index (κ1) is 14.6. The van der Waals surface area contributed by atoms with E-state index in [0.717, 1.165) is 42.3 Å². The Kier molecular flexibility index (Phi) is 5.78. The number of ether oxygens (including phenoxy) is 2. The van der Waals surface area contributed by atoms with Crippen LogP contribution in [0.5, 0.6) is 11.5 Å². The molecule has 1 atom stereocenters. The van der Waals surface area contributed by atoms with Gasteiger partial charge in [0.1, 0.15) is 11.5 Å². The van der Waals surface area contributed by atoms with E-state index in [9.17, 15) is 0 Å². The Morgan fingerprint density at radius 2 is 1.89 bits per heavy atom. The van der Waals surface area contributed by atoms with E-state index in [0.29, 0.717) is 5.92 Å². The molecule has 18 heavy (non-hydrogen) atoms. The highest BCUT2D eigenvalue weighted by atomic mass is 16.5. The van der Waals surface area contributed by atoms with Gasteiger partial charge in [-0.15, -0.1) is 0 Å². The molecule has 0 saturated heterocycles. The predicted molar refractivity (Wildman–Crippen MR) is 75.6 cm³/mol. The number of nitrogens with two attached hydrogens (primary N) is 1. The van der Waals surface area contributed by atoms with Crippen LogP contribution in [0.2, 0.25) is 0 Å². The molecule has 1 rings (SSSR count). The number of nitrogens with one attached hydrogen (secondary N) is 1. The zero-order chi connectivity index (χ0) is 13.5. The van der Waals surface area contributed by atoms with Crippen molar-refractivity contribution in [2.24, 2.45) is 11.7 Å². The van der Waals surface area contributed by atoms with Crippen LogP contribution >= 0.6 is 0 Å². The first-order chi connectivity index (χ1) is 8.62. The summed E-state index contributed by atoms with van der Waals surface area (Å²) in [4.78, 5) is 0. The van der Waals surface area contributed by atoms with Crippen molar-refractivity contribution in [1.29, 1.82) is 0 Å². The molecule has 3 N–H and O–H groups in total. The van der Waals surface area contributed by atoms with Crippen molar-refractivity contribution in [2.45, 2.75) is 20.3 Å². The molecule has 0 aliphatic rings. The molecular formula is C14H24N2O2. The van der Waals surface area contributed by atoms with Crippen molar-refractivity contribution in [3.05, 3.63) is 17.7 Å². The van der Waals surface area contributed by atoms with Crippen LogP contribution in [-0.2, 0) is 0 Å². The molecule has 0 fully saturated rings. The van der Waals surface area contributed by atoms with E-state index in [1.165, 1.54) is 0 Å². The van der Waals surface area contributed by atoms with Gasteiger partial charge in [-0.25, -0.2) is 0 Å². The minimum absolute atomic E-state index is 0.524. The van der Waals surface area contributed by atoms with Crippen LogP contribution in [0.3, 0.4) is 0 Å². The second-order valence-electron chi connectivity index (χ2n) is 4.58. The van der Waals surface area contributed by atoms with Crippen LogP contribution in [0.15, 0.2) is 12.1 Å². The summed E-state index contributed by atoms with van der Waals surface area (Å²) in [6.07, 6.45) is 1.04. The first-order valence-electron chi connectivity index (χ1n) is 6.29. The number of rotatable bonds is 7. The summed E-state index contributed by atoms with van der Waals surface area (Å²) in [6.45, 7) is 5.74. The molecule has 0 aliphatic heterocycles. The third kappa shape index (κ3) is 3.81. The molecule has 0 saturated carbocycles. The van der Waals surface area contributed by atoms with Crippen LogP contribution in [0.25, 0.3) is 0 Å². The lowest BCUT2D eigenvalue weighted by molar-refractivity contribution is 0.401. The van der Waals surface area contributed by atoms with Crippen LogP contribution < -0.4 is 20.5 Å². The summed E-state index contributed by atoms with van der Waals surface area (Å²) < 4.78 is 10.7. The Morgan fingerprint density at radius 1 is 1.22 bits per heavy atom. The highest BCUT2D eigenvalue weighted by Gasteiger charge is 2.08. The van der Waals surface area contributed by atoms with Crippen molar-refractivity contribution < 1.29 is 9.47 Å². The zero-order valence-corrected chi connectivity index (χ0v) is 11.7. The van der Waals surface area contributed by atoms with E-state index in [2.05, 4.69) is 12.2 Å². The normalized spacial score (nSPS) is 12.1. The molecular weight excluding hydrogens is 228 g/mol. The highest BCUT2D eigenvalue weighted by Crippen LogP contribution is 2.32. The van der Waals surface area contributed by atoms with E-state index in [1.54, 1.807) is 14.2 Å². The maximum absolute atomic E-state index is 5.60. The fourth-order valence-electron chi connectivity index (χ4n) is 1.76. The van der Waals surface area contributed by atoms with Gasteiger partial charge in [-0.3, -0.25) is 0 Å². The minimum atomic E-state index is 0.524. The summed E-state index contributed by atoms with van der Waals surface area (Å²) in [7, 11) is 3.35. The molecule has 0 amide bonds. The third-order valence-electron chi connectivity index (χ3n) is 3.07. The van der Waals surface area contributed by atoms with Crippen LogP contribution in [0.1, 0.15) is 18.9 Å². The molecule has 0 spiro atoms. The van der Waals surface area contributed by atoms with Gasteiger partial charge >= 0.3 is 0 Å². The van der Waals surface area contributed by atoms with Gasteiger partial charge in [0.2, 0.25) is 0 Å². The molecule has 1 unspecified atom stereocenters. The lowest BCUT2D eigenvalue weighted by Gasteiger charge is -2.15. The number of methoxy groups -OCH3 is 2. The topological polar surface area (TPSA) is 56.5 Å². The SMILES string of the molecule is COc1cc(NCCC(C)CN)c(OC)cc1C. The van der Waals surface area contributed by atoms with E-state index in [-0.39, 0.29) is 0 Å². The van der Waals surface area contributed by atoms with Crippen molar-refractivity contribution in [3.8, 4) is 11.5 Å². The quantitative estimate of drug-likeness (QED) is 0.782. The van der Waals surface area contributed by atoms with Gasteiger partial charge in [-0.2, -0.15) is 0 Å². The molecule has 1 aromatic carbocycles.